The van der Waals surface area contributed by atoms with Gasteiger partial charge in [-0.1, -0.05) is 24.6 Å². The van der Waals surface area contributed by atoms with Crippen LogP contribution in [0.1, 0.15) is 19.4 Å². The van der Waals surface area contributed by atoms with Gasteiger partial charge >= 0.3 is 0 Å². The van der Waals surface area contributed by atoms with Crippen molar-refractivity contribution in [1.82, 2.24) is 9.97 Å². The van der Waals surface area contributed by atoms with Crippen LogP contribution in [0.3, 0.4) is 0 Å². The molecule has 184 valence electrons. The fraction of sp³-hybridized carbons (Fsp3) is 0.192. The highest BCUT2D eigenvalue weighted by molar-refractivity contribution is 5.85. The number of anilines is 1. The molecule has 4 aromatic rings. The van der Waals surface area contributed by atoms with Crippen LogP contribution in [0.2, 0.25) is 0 Å². The first-order valence-corrected chi connectivity index (χ1v) is 10.8. The smallest absolute Gasteiger partial charge is 0.260 e. The molecular weight excluding hydrogens is 454 g/mol. The van der Waals surface area contributed by atoms with E-state index in [4.69, 9.17) is 15.3 Å². The number of aromatic nitrogens is 2. The van der Waals surface area contributed by atoms with Crippen molar-refractivity contribution in [2.75, 3.05) is 18.9 Å². The Labute approximate surface area is 202 Å². The maximum Gasteiger partial charge on any atom is 0.260 e. The van der Waals surface area contributed by atoms with Gasteiger partial charge in [0.05, 0.1) is 10.9 Å². The average molecular weight is 483 g/mol. The molecule has 4 N–H and O–H groups in total. The maximum atomic E-state index is 14.1. The molecule has 9 heteroatoms. The van der Waals surface area contributed by atoms with Crippen molar-refractivity contribution < 1.29 is 18.3 Å². The van der Waals surface area contributed by atoms with E-state index in [1.807, 2.05) is 26.0 Å². The molecule has 0 aliphatic carbocycles. The maximum absolute atomic E-state index is 14.1. The zero-order valence-corrected chi connectivity index (χ0v) is 20.0. The molecule has 4 rings (SSSR count). The third-order valence-electron chi connectivity index (χ3n) is 4.50. The van der Waals surface area contributed by atoms with Gasteiger partial charge in [-0.2, -0.15) is 0 Å². The molecular formula is C26H28F2N4O3. The van der Waals surface area contributed by atoms with Crippen LogP contribution in [-0.2, 0) is 4.79 Å². The predicted octanol–water partition coefficient (Wildman–Crippen LogP) is 5.18. The van der Waals surface area contributed by atoms with Crippen LogP contribution >= 0.6 is 0 Å². The van der Waals surface area contributed by atoms with Gasteiger partial charge < -0.3 is 20.6 Å². The van der Waals surface area contributed by atoms with Crippen molar-refractivity contribution in [2.24, 2.45) is 5.73 Å². The lowest BCUT2D eigenvalue weighted by atomic mass is 10.0. The van der Waals surface area contributed by atoms with Crippen LogP contribution in [0.4, 0.5) is 14.7 Å². The second-order valence-corrected chi connectivity index (χ2v) is 7.22. The number of fused-ring (bicyclic) bond motifs is 1. The summed E-state index contributed by atoms with van der Waals surface area (Å²) in [4.78, 5) is 28.0. The average Bonchev–Trinajstić information content (AvgIpc) is 2.82. The zero-order chi connectivity index (χ0) is 26.0. The van der Waals surface area contributed by atoms with Gasteiger partial charge in [0.2, 0.25) is 5.95 Å². The number of rotatable bonds is 4. The number of H-pyrrole nitrogens is 1. The topological polar surface area (TPSA) is 110 Å². The van der Waals surface area contributed by atoms with Gasteiger partial charge in [-0.3, -0.25) is 9.78 Å². The summed E-state index contributed by atoms with van der Waals surface area (Å²) in [6, 6.07) is 13.8. The number of aryl methyl sites for hydroxylation is 1. The zero-order valence-electron chi connectivity index (χ0n) is 20.0. The molecule has 7 nitrogen and oxygen atoms in total. The second kappa shape index (κ2) is 13.0. The first kappa shape index (κ1) is 27.1. The minimum Gasteiger partial charge on any atom is -0.454 e. The van der Waals surface area contributed by atoms with E-state index in [0.29, 0.717) is 28.2 Å². The number of ether oxygens (including phenoxy) is 1. The second-order valence-electron chi connectivity index (χ2n) is 7.22. The SMILES string of the molecule is CC=O.CCN.CNc1nc2cc(-c3cc(C)ccc3Oc3ccc(F)cc3F)ccc2c(=O)[nH]1. The monoisotopic (exact) mass is 482 g/mol. The van der Waals surface area contributed by atoms with E-state index in [1.54, 1.807) is 31.3 Å². The first-order valence-electron chi connectivity index (χ1n) is 10.8. The molecule has 3 aromatic carbocycles. The van der Waals surface area contributed by atoms with Crippen LogP contribution in [-0.4, -0.2) is 29.8 Å². The Kier molecular flexibility index (Phi) is 10.0. The van der Waals surface area contributed by atoms with Crippen molar-refractivity contribution in [2.45, 2.75) is 20.8 Å². The molecule has 0 unspecified atom stereocenters. The van der Waals surface area contributed by atoms with Gasteiger partial charge in [0, 0.05) is 18.7 Å². The first-order chi connectivity index (χ1) is 16.8. The molecule has 0 aliphatic rings. The molecule has 0 spiro atoms. The van der Waals surface area contributed by atoms with E-state index >= 15 is 0 Å². The highest BCUT2D eigenvalue weighted by atomic mass is 19.1. The largest absolute Gasteiger partial charge is 0.454 e. The molecule has 0 amide bonds. The van der Waals surface area contributed by atoms with Crippen LogP contribution in [0.25, 0.3) is 22.0 Å². The van der Waals surface area contributed by atoms with Crippen molar-refractivity contribution in [3.05, 3.63) is 82.1 Å². The van der Waals surface area contributed by atoms with Gasteiger partial charge in [-0.05, 0) is 62.4 Å². The highest BCUT2D eigenvalue weighted by Crippen LogP contribution is 2.36. The number of carbonyl (C=O) groups is 1. The van der Waals surface area contributed by atoms with Crippen molar-refractivity contribution in [3.8, 4) is 22.6 Å². The molecule has 0 atom stereocenters. The van der Waals surface area contributed by atoms with E-state index in [2.05, 4.69) is 15.3 Å². The third kappa shape index (κ3) is 7.18. The predicted molar refractivity (Wildman–Crippen MR) is 135 cm³/mol. The van der Waals surface area contributed by atoms with Gasteiger partial charge in [-0.15, -0.1) is 0 Å². The van der Waals surface area contributed by atoms with E-state index in [1.165, 1.54) is 13.0 Å². The molecule has 0 saturated heterocycles. The highest BCUT2D eigenvalue weighted by Gasteiger charge is 2.13. The number of carbonyl (C=O) groups excluding carboxylic acids is 1. The summed E-state index contributed by atoms with van der Waals surface area (Å²) in [5.41, 5.74) is 7.53. The fourth-order valence-corrected chi connectivity index (χ4v) is 3.06. The van der Waals surface area contributed by atoms with Crippen molar-refractivity contribution in [1.29, 1.82) is 0 Å². The lowest BCUT2D eigenvalue weighted by molar-refractivity contribution is -0.106. The number of hydrogen-bond acceptors (Lipinski definition) is 6. The van der Waals surface area contributed by atoms with Gasteiger partial charge in [0.15, 0.2) is 11.6 Å². The summed E-state index contributed by atoms with van der Waals surface area (Å²) >= 11 is 0. The number of hydrogen-bond donors (Lipinski definition) is 3. The summed E-state index contributed by atoms with van der Waals surface area (Å²) in [5.74, 6) is -0.788. The van der Waals surface area contributed by atoms with Crippen LogP contribution in [0.15, 0.2) is 59.4 Å². The van der Waals surface area contributed by atoms with Crippen molar-refractivity contribution in [3.63, 3.8) is 0 Å². The summed E-state index contributed by atoms with van der Waals surface area (Å²) in [7, 11) is 1.66. The Bertz CT molecular complexity index is 1360. The minimum atomic E-state index is -0.790. The molecule has 35 heavy (non-hydrogen) atoms. The Morgan fingerprint density at radius 1 is 1.09 bits per heavy atom. The molecule has 1 aromatic heterocycles. The standard InChI is InChI=1S/C22H17F2N3O2.C2H7N.C2H4O/c1-12-3-7-19(29-20-8-5-14(23)11-17(20)24)16(9-12)13-4-6-15-18(10-13)26-22(25-2)27-21(15)28;2*1-2-3/h3-11H,1-2H3,(H2,25,26,27,28);2-3H2,1H3;2H,1H3. The Morgan fingerprint density at radius 2 is 1.74 bits per heavy atom. The van der Waals surface area contributed by atoms with Gasteiger partial charge in [0.25, 0.3) is 5.56 Å². The van der Waals surface area contributed by atoms with E-state index in [-0.39, 0.29) is 11.3 Å². The molecule has 0 fully saturated rings. The number of nitrogens with one attached hydrogen (secondary N) is 2. The Morgan fingerprint density at radius 3 is 2.37 bits per heavy atom. The summed E-state index contributed by atoms with van der Waals surface area (Å²) < 4.78 is 33.0. The normalized spacial score (nSPS) is 9.91. The number of halogens is 2. The van der Waals surface area contributed by atoms with Crippen LogP contribution in [0, 0.1) is 18.6 Å². The number of nitrogens with two attached hydrogens (primary N) is 1. The van der Waals surface area contributed by atoms with Crippen molar-refractivity contribution >= 4 is 23.1 Å². The molecule has 0 aliphatic heterocycles. The van der Waals surface area contributed by atoms with Crippen LogP contribution in [0.5, 0.6) is 11.5 Å². The van der Waals surface area contributed by atoms with E-state index in [0.717, 1.165) is 36.1 Å². The number of aldehydes is 1. The van der Waals surface area contributed by atoms with E-state index in [9.17, 15) is 13.6 Å². The molecule has 0 bridgehead atoms. The fourth-order valence-electron chi connectivity index (χ4n) is 3.06. The lowest BCUT2D eigenvalue weighted by Gasteiger charge is -2.13. The molecule has 1 heterocycles. The van der Waals surface area contributed by atoms with E-state index < -0.39 is 11.6 Å². The molecule has 0 radical (unpaired) electrons. The summed E-state index contributed by atoms with van der Waals surface area (Å²) in [6.07, 6.45) is 0.750. The van der Waals surface area contributed by atoms with Crippen LogP contribution < -0.4 is 21.3 Å². The quantitative estimate of drug-likeness (QED) is 0.346. The lowest BCUT2D eigenvalue weighted by Crippen LogP contribution is -2.11. The minimum absolute atomic E-state index is 0.0793. The Balaban J connectivity index is 0.000000655. The number of benzene rings is 3. The number of nitrogens with zero attached hydrogens (tertiary/aromatic N) is 1. The molecule has 0 saturated carbocycles. The van der Waals surface area contributed by atoms with Gasteiger partial charge in [0.1, 0.15) is 17.9 Å². The summed E-state index contributed by atoms with van der Waals surface area (Å²) in [5, 5.41) is 3.27. The number of aromatic amines is 1. The van der Waals surface area contributed by atoms with Gasteiger partial charge in [-0.25, -0.2) is 13.8 Å². The summed E-state index contributed by atoms with van der Waals surface area (Å²) in [6.45, 7) is 6.02. The Hall–Kier alpha value is -4.11. The third-order valence-corrected chi connectivity index (χ3v) is 4.50.